The predicted molar refractivity (Wildman–Crippen MR) is 79.7 cm³/mol. The standard InChI is InChI=1S/C15H14Cl2O3/c1-19-14-7-12(16)6-11(8-18)15(14)20-9-10-4-2-3-5-13(10)17/h2-7,18H,8-9H2,1H3. The largest absolute Gasteiger partial charge is 0.493 e. The number of hydrogen-bond donors (Lipinski definition) is 1. The first-order chi connectivity index (χ1) is 9.65. The van der Waals surface area contributed by atoms with E-state index in [0.29, 0.717) is 27.1 Å². The van der Waals surface area contributed by atoms with Crippen LogP contribution in [0, 0.1) is 0 Å². The number of ether oxygens (including phenoxy) is 2. The Hall–Kier alpha value is -1.42. The molecule has 0 aliphatic rings. The van der Waals surface area contributed by atoms with E-state index in [9.17, 15) is 5.11 Å². The van der Waals surface area contributed by atoms with Crippen LogP contribution in [-0.4, -0.2) is 12.2 Å². The lowest BCUT2D eigenvalue weighted by molar-refractivity contribution is 0.250. The Balaban J connectivity index is 2.27. The summed E-state index contributed by atoms with van der Waals surface area (Å²) in [6.07, 6.45) is 0. The van der Waals surface area contributed by atoms with Gasteiger partial charge in [0.2, 0.25) is 0 Å². The van der Waals surface area contributed by atoms with E-state index in [1.807, 2.05) is 18.2 Å². The number of aliphatic hydroxyl groups excluding tert-OH is 1. The number of halogens is 2. The number of methoxy groups -OCH3 is 1. The lowest BCUT2D eigenvalue weighted by Crippen LogP contribution is -2.02. The van der Waals surface area contributed by atoms with Crippen LogP contribution in [0.3, 0.4) is 0 Å². The fraction of sp³-hybridized carbons (Fsp3) is 0.200. The second-order valence-electron chi connectivity index (χ2n) is 4.13. The average Bonchev–Trinajstić information content (AvgIpc) is 2.46. The molecule has 3 nitrogen and oxygen atoms in total. The normalized spacial score (nSPS) is 10.4. The molecule has 2 aromatic carbocycles. The molecule has 0 radical (unpaired) electrons. The molecular weight excluding hydrogens is 299 g/mol. The third-order valence-corrected chi connectivity index (χ3v) is 3.40. The van der Waals surface area contributed by atoms with Crippen LogP contribution in [0.5, 0.6) is 11.5 Å². The van der Waals surface area contributed by atoms with Gasteiger partial charge in [-0.3, -0.25) is 0 Å². The minimum atomic E-state index is -0.186. The van der Waals surface area contributed by atoms with E-state index in [0.717, 1.165) is 5.56 Å². The Labute approximate surface area is 127 Å². The van der Waals surface area contributed by atoms with Gasteiger partial charge in [0, 0.05) is 27.2 Å². The number of hydrogen-bond acceptors (Lipinski definition) is 3. The quantitative estimate of drug-likeness (QED) is 0.904. The van der Waals surface area contributed by atoms with Gasteiger partial charge < -0.3 is 14.6 Å². The maximum absolute atomic E-state index is 9.39. The highest BCUT2D eigenvalue weighted by Crippen LogP contribution is 2.35. The highest BCUT2D eigenvalue weighted by Gasteiger charge is 2.13. The van der Waals surface area contributed by atoms with Crippen molar-refractivity contribution < 1.29 is 14.6 Å². The molecule has 0 bridgehead atoms. The molecule has 0 saturated heterocycles. The topological polar surface area (TPSA) is 38.7 Å². The van der Waals surface area contributed by atoms with Crippen molar-refractivity contribution in [2.45, 2.75) is 13.2 Å². The number of aliphatic hydroxyl groups is 1. The summed E-state index contributed by atoms with van der Waals surface area (Å²) in [5, 5.41) is 10.5. The van der Waals surface area contributed by atoms with Gasteiger partial charge in [-0.05, 0) is 12.1 Å². The molecule has 0 unspecified atom stereocenters. The Morgan fingerprint density at radius 3 is 2.50 bits per heavy atom. The van der Waals surface area contributed by atoms with Crippen LogP contribution in [0.25, 0.3) is 0 Å². The molecule has 0 amide bonds. The van der Waals surface area contributed by atoms with E-state index < -0.39 is 0 Å². The van der Waals surface area contributed by atoms with Crippen molar-refractivity contribution in [3.8, 4) is 11.5 Å². The van der Waals surface area contributed by atoms with E-state index in [-0.39, 0.29) is 13.2 Å². The maximum Gasteiger partial charge on any atom is 0.167 e. The third kappa shape index (κ3) is 3.37. The molecule has 0 aromatic heterocycles. The lowest BCUT2D eigenvalue weighted by atomic mass is 10.2. The Morgan fingerprint density at radius 2 is 1.85 bits per heavy atom. The molecule has 0 aliphatic carbocycles. The lowest BCUT2D eigenvalue weighted by Gasteiger charge is -2.15. The zero-order chi connectivity index (χ0) is 14.5. The molecule has 0 aliphatic heterocycles. The van der Waals surface area contributed by atoms with Crippen molar-refractivity contribution in [3.63, 3.8) is 0 Å². The van der Waals surface area contributed by atoms with Crippen LogP contribution in [0.15, 0.2) is 36.4 Å². The number of benzene rings is 2. The van der Waals surface area contributed by atoms with Crippen LogP contribution in [0.2, 0.25) is 10.0 Å². The summed E-state index contributed by atoms with van der Waals surface area (Å²) < 4.78 is 11.0. The molecule has 0 heterocycles. The van der Waals surface area contributed by atoms with Gasteiger partial charge in [-0.2, -0.15) is 0 Å². The summed E-state index contributed by atoms with van der Waals surface area (Å²) in [5.41, 5.74) is 1.43. The molecule has 20 heavy (non-hydrogen) atoms. The zero-order valence-electron chi connectivity index (χ0n) is 10.9. The van der Waals surface area contributed by atoms with E-state index in [1.54, 1.807) is 18.2 Å². The second kappa shape index (κ2) is 6.84. The van der Waals surface area contributed by atoms with Crippen molar-refractivity contribution in [1.82, 2.24) is 0 Å². The van der Waals surface area contributed by atoms with Crippen molar-refractivity contribution in [2.24, 2.45) is 0 Å². The second-order valence-corrected chi connectivity index (χ2v) is 4.98. The summed E-state index contributed by atoms with van der Waals surface area (Å²) >= 11 is 12.0. The van der Waals surface area contributed by atoms with E-state index in [1.165, 1.54) is 7.11 Å². The molecule has 0 saturated carbocycles. The van der Waals surface area contributed by atoms with Crippen LogP contribution >= 0.6 is 23.2 Å². The van der Waals surface area contributed by atoms with Gasteiger partial charge in [0.1, 0.15) is 6.61 Å². The van der Waals surface area contributed by atoms with Crippen LogP contribution in [0.1, 0.15) is 11.1 Å². The molecular formula is C15H14Cl2O3. The third-order valence-electron chi connectivity index (χ3n) is 2.82. The maximum atomic E-state index is 9.39. The van der Waals surface area contributed by atoms with Gasteiger partial charge in [-0.15, -0.1) is 0 Å². The average molecular weight is 313 g/mol. The molecule has 0 atom stereocenters. The molecule has 5 heteroatoms. The first kappa shape index (κ1) is 15.0. The van der Waals surface area contributed by atoms with Gasteiger partial charge in [-0.1, -0.05) is 41.4 Å². The first-order valence-electron chi connectivity index (χ1n) is 5.99. The van der Waals surface area contributed by atoms with E-state index in [2.05, 4.69) is 0 Å². The molecule has 1 N–H and O–H groups in total. The fourth-order valence-electron chi connectivity index (χ4n) is 1.82. The van der Waals surface area contributed by atoms with Gasteiger partial charge in [-0.25, -0.2) is 0 Å². The van der Waals surface area contributed by atoms with Crippen LogP contribution in [0.4, 0.5) is 0 Å². The smallest absolute Gasteiger partial charge is 0.167 e. The highest BCUT2D eigenvalue weighted by atomic mass is 35.5. The molecule has 106 valence electrons. The Kier molecular flexibility index (Phi) is 5.12. The molecule has 0 fully saturated rings. The van der Waals surface area contributed by atoms with E-state index in [4.69, 9.17) is 32.7 Å². The summed E-state index contributed by atoms with van der Waals surface area (Å²) in [6.45, 7) is 0.0967. The van der Waals surface area contributed by atoms with Crippen molar-refractivity contribution in [1.29, 1.82) is 0 Å². The highest BCUT2D eigenvalue weighted by molar-refractivity contribution is 6.31. The minimum absolute atomic E-state index is 0.186. The molecule has 2 rings (SSSR count). The summed E-state index contributed by atoms with van der Waals surface area (Å²) in [5.74, 6) is 0.952. The van der Waals surface area contributed by atoms with Crippen LogP contribution < -0.4 is 9.47 Å². The van der Waals surface area contributed by atoms with Crippen LogP contribution in [-0.2, 0) is 13.2 Å². The van der Waals surface area contributed by atoms with Gasteiger partial charge in [0.15, 0.2) is 11.5 Å². The van der Waals surface area contributed by atoms with Crippen molar-refractivity contribution in [2.75, 3.05) is 7.11 Å². The molecule has 0 spiro atoms. The molecule has 2 aromatic rings. The van der Waals surface area contributed by atoms with Gasteiger partial charge in [0.05, 0.1) is 13.7 Å². The fourth-order valence-corrected chi connectivity index (χ4v) is 2.24. The van der Waals surface area contributed by atoms with Gasteiger partial charge in [0.25, 0.3) is 0 Å². The first-order valence-corrected chi connectivity index (χ1v) is 6.74. The number of rotatable bonds is 5. The Morgan fingerprint density at radius 1 is 1.10 bits per heavy atom. The predicted octanol–water partition coefficient (Wildman–Crippen LogP) is 4.07. The van der Waals surface area contributed by atoms with E-state index >= 15 is 0 Å². The van der Waals surface area contributed by atoms with Crippen molar-refractivity contribution >= 4 is 23.2 Å². The SMILES string of the molecule is COc1cc(Cl)cc(CO)c1OCc1ccccc1Cl. The minimum Gasteiger partial charge on any atom is -0.493 e. The monoisotopic (exact) mass is 312 g/mol. The summed E-state index contributed by atoms with van der Waals surface area (Å²) in [6, 6.07) is 10.7. The zero-order valence-corrected chi connectivity index (χ0v) is 12.4. The summed E-state index contributed by atoms with van der Waals surface area (Å²) in [7, 11) is 1.52. The summed E-state index contributed by atoms with van der Waals surface area (Å²) in [4.78, 5) is 0. The Bertz CT molecular complexity index is 574. The van der Waals surface area contributed by atoms with Crippen molar-refractivity contribution in [3.05, 3.63) is 57.6 Å². The van der Waals surface area contributed by atoms with Gasteiger partial charge >= 0.3 is 0 Å².